The van der Waals surface area contributed by atoms with Crippen molar-refractivity contribution in [2.75, 3.05) is 32.7 Å². The molecule has 0 N–H and O–H groups in total. The number of amides is 1. The van der Waals surface area contributed by atoms with Crippen LogP contribution in [0.4, 0.5) is 0 Å². The van der Waals surface area contributed by atoms with Crippen molar-refractivity contribution in [3.05, 3.63) is 54.3 Å². The van der Waals surface area contributed by atoms with Crippen LogP contribution in [0.3, 0.4) is 0 Å². The number of para-hydroxylation sites is 1. The summed E-state index contributed by atoms with van der Waals surface area (Å²) in [6.45, 7) is 9.00. The molecule has 168 valence electrons. The van der Waals surface area contributed by atoms with Gasteiger partial charge in [0, 0.05) is 38.1 Å². The zero-order valence-corrected chi connectivity index (χ0v) is 18.9. The highest BCUT2D eigenvalue weighted by atomic mass is 16.5. The number of furan rings is 1. The highest BCUT2D eigenvalue weighted by molar-refractivity contribution is 6.07. The van der Waals surface area contributed by atoms with Crippen LogP contribution >= 0.6 is 0 Å². The topological polar surface area (TPSA) is 58.8 Å². The lowest BCUT2D eigenvalue weighted by molar-refractivity contribution is -0.0728. The average molecular weight is 434 g/mol. The number of carbonyl (C=O) groups excluding carboxylic acids is 1. The first-order valence-corrected chi connectivity index (χ1v) is 11.7. The zero-order chi connectivity index (χ0) is 22.1. The summed E-state index contributed by atoms with van der Waals surface area (Å²) in [5.74, 6) is 1.39. The second-order valence-electron chi connectivity index (χ2n) is 9.26. The Kier molecular flexibility index (Phi) is 5.98. The number of rotatable bonds is 4. The van der Waals surface area contributed by atoms with Crippen LogP contribution in [-0.4, -0.2) is 65.6 Å². The molecule has 2 saturated heterocycles. The Balaban J connectivity index is 1.30. The maximum Gasteiger partial charge on any atom is 0.254 e. The van der Waals surface area contributed by atoms with Crippen LogP contribution in [0.15, 0.2) is 53.1 Å². The number of benzene rings is 1. The third kappa shape index (κ3) is 4.43. The number of likely N-dealkylation sites (tertiary alicyclic amines) is 1. The molecule has 5 rings (SSSR count). The molecule has 4 heterocycles. The number of aromatic nitrogens is 1. The van der Waals surface area contributed by atoms with E-state index >= 15 is 0 Å². The summed E-state index contributed by atoms with van der Waals surface area (Å²) in [7, 11) is 0. The van der Waals surface area contributed by atoms with Crippen LogP contribution in [0.25, 0.3) is 22.4 Å². The van der Waals surface area contributed by atoms with Crippen molar-refractivity contribution in [3.63, 3.8) is 0 Å². The molecule has 6 nitrogen and oxygen atoms in total. The molecular weight excluding hydrogens is 402 g/mol. The van der Waals surface area contributed by atoms with E-state index in [1.54, 1.807) is 6.26 Å². The van der Waals surface area contributed by atoms with Crippen LogP contribution < -0.4 is 0 Å². The van der Waals surface area contributed by atoms with Gasteiger partial charge in [-0.25, -0.2) is 4.98 Å². The van der Waals surface area contributed by atoms with Crippen molar-refractivity contribution >= 4 is 16.8 Å². The maximum atomic E-state index is 13.6. The third-order valence-corrected chi connectivity index (χ3v) is 6.63. The Morgan fingerprint density at radius 2 is 1.81 bits per heavy atom. The molecule has 2 atom stereocenters. The molecule has 2 aliphatic heterocycles. The number of morpholine rings is 1. The highest BCUT2D eigenvalue weighted by Crippen LogP contribution is 2.28. The molecule has 2 aromatic heterocycles. The Morgan fingerprint density at radius 1 is 1.06 bits per heavy atom. The Labute approximate surface area is 189 Å². The first kappa shape index (κ1) is 21.2. The largest absolute Gasteiger partial charge is 0.463 e. The quantitative estimate of drug-likeness (QED) is 0.608. The summed E-state index contributed by atoms with van der Waals surface area (Å²) in [5.41, 5.74) is 2.22. The van der Waals surface area contributed by atoms with E-state index in [0.717, 1.165) is 56.5 Å². The second-order valence-corrected chi connectivity index (χ2v) is 9.26. The highest BCUT2D eigenvalue weighted by Gasteiger charge is 2.29. The van der Waals surface area contributed by atoms with E-state index in [9.17, 15) is 4.79 Å². The number of hydrogen-bond donors (Lipinski definition) is 0. The van der Waals surface area contributed by atoms with Gasteiger partial charge in [-0.2, -0.15) is 0 Å². The molecule has 2 fully saturated rings. The van der Waals surface area contributed by atoms with E-state index in [4.69, 9.17) is 14.1 Å². The summed E-state index contributed by atoms with van der Waals surface area (Å²) < 4.78 is 11.4. The molecule has 0 aliphatic carbocycles. The van der Waals surface area contributed by atoms with Crippen LogP contribution in [-0.2, 0) is 4.74 Å². The number of carbonyl (C=O) groups is 1. The van der Waals surface area contributed by atoms with Gasteiger partial charge in [0.15, 0.2) is 5.76 Å². The van der Waals surface area contributed by atoms with Gasteiger partial charge in [-0.3, -0.25) is 9.69 Å². The van der Waals surface area contributed by atoms with Crippen molar-refractivity contribution in [1.29, 1.82) is 0 Å². The number of fused-ring (bicyclic) bond motifs is 1. The fourth-order valence-corrected chi connectivity index (χ4v) is 5.19. The predicted octanol–water partition coefficient (Wildman–Crippen LogP) is 4.46. The van der Waals surface area contributed by atoms with Crippen molar-refractivity contribution < 1.29 is 13.9 Å². The lowest BCUT2D eigenvalue weighted by Crippen LogP contribution is -2.48. The molecule has 0 spiro atoms. The maximum absolute atomic E-state index is 13.6. The van der Waals surface area contributed by atoms with Crippen LogP contribution in [0.1, 0.15) is 37.0 Å². The van der Waals surface area contributed by atoms with E-state index in [0.29, 0.717) is 35.1 Å². The lowest BCUT2D eigenvalue weighted by atomic mass is 9.94. The molecule has 1 amide bonds. The van der Waals surface area contributed by atoms with Crippen molar-refractivity contribution in [2.45, 2.75) is 38.9 Å². The van der Waals surface area contributed by atoms with Crippen molar-refractivity contribution in [3.8, 4) is 11.5 Å². The van der Waals surface area contributed by atoms with Crippen molar-refractivity contribution in [1.82, 2.24) is 14.8 Å². The van der Waals surface area contributed by atoms with Gasteiger partial charge in [-0.15, -0.1) is 0 Å². The van der Waals surface area contributed by atoms with Gasteiger partial charge in [0.05, 0.1) is 29.6 Å². The van der Waals surface area contributed by atoms with Crippen LogP contribution in [0.2, 0.25) is 0 Å². The molecule has 0 bridgehead atoms. The Morgan fingerprint density at radius 3 is 2.53 bits per heavy atom. The molecule has 3 aromatic rings. The van der Waals surface area contributed by atoms with Crippen molar-refractivity contribution in [2.24, 2.45) is 5.92 Å². The van der Waals surface area contributed by atoms with E-state index in [-0.39, 0.29) is 5.91 Å². The number of hydrogen-bond acceptors (Lipinski definition) is 5. The van der Waals surface area contributed by atoms with Gasteiger partial charge in [-0.1, -0.05) is 18.2 Å². The third-order valence-electron chi connectivity index (χ3n) is 6.63. The molecule has 0 saturated carbocycles. The van der Waals surface area contributed by atoms with Gasteiger partial charge in [0.25, 0.3) is 5.91 Å². The monoisotopic (exact) mass is 433 g/mol. The molecule has 32 heavy (non-hydrogen) atoms. The SMILES string of the molecule is C[C@@H]1CN(CC2CCN(C(=O)c3cc(-c4ccco4)nc4ccccc34)CC2)C[C@H](C)O1. The summed E-state index contributed by atoms with van der Waals surface area (Å²) in [4.78, 5) is 22.8. The summed E-state index contributed by atoms with van der Waals surface area (Å²) in [6, 6.07) is 13.5. The first-order chi connectivity index (χ1) is 15.6. The second kappa shape index (κ2) is 9.04. The van der Waals surface area contributed by atoms with Gasteiger partial charge >= 0.3 is 0 Å². The normalized spacial score (nSPS) is 23.0. The predicted molar refractivity (Wildman–Crippen MR) is 125 cm³/mol. The minimum absolute atomic E-state index is 0.0865. The minimum Gasteiger partial charge on any atom is -0.463 e. The molecular formula is C26H31N3O3. The van der Waals surface area contributed by atoms with E-state index in [2.05, 4.69) is 18.7 Å². The van der Waals surface area contributed by atoms with Gasteiger partial charge < -0.3 is 14.1 Å². The fraction of sp³-hybridized carbons (Fsp3) is 0.462. The van der Waals surface area contributed by atoms with E-state index in [1.807, 2.05) is 47.4 Å². The number of pyridine rings is 1. The molecule has 2 aliphatic rings. The number of piperidine rings is 1. The van der Waals surface area contributed by atoms with E-state index < -0.39 is 0 Å². The average Bonchev–Trinajstić information content (AvgIpc) is 3.33. The number of ether oxygens (including phenoxy) is 1. The molecule has 0 unspecified atom stereocenters. The Bertz CT molecular complexity index is 1060. The van der Waals surface area contributed by atoms with Crippen LogP contribution in [0.5, 0.6) is 0 Å². The van der Waals surface area contributed by atoms with Crippen LogP contribution in [0, 0.1) is 5.92 Å². The molecule has 0 radical (unpaired) electrons. The van der Waals surface area contributed by atoms with E-state index in [1.165, 1.54) is 0 Å². The van der Waals surface area contributed by atoms with Gasteiger partial charge in [0.1, 0.15) is 5.69 Å². The fourth-order valence-electron chi connectivity index (χ4n) is 5.19. The van der Waals surface area contributed by atoms with Gasteiger partial charge in [0.2, 0.25) is 0 Å². The summed E-state index contributed by atoms with van der Waals surface area (Å²) in [6.07, 6.45) is 4.31. The summed E-state index contributed by atoms with van der Waals surface area (Å²) >= 11 is 0. The molecule has 6 heteroatoms. The summed E-state index contributed by atoms with van der Waals surface area (Å²) in [5, 5.41) is 0.895. The standard InChI is InChI=1S/C26H31N3O3/c1-18-15-28(16-19(2)32-18)17-20-9-11-29(12-10-20)26(30)22-14-24(25-8-5-13-31-25)27-23-7-4-3-6-21(22)23/h3-8,13-14,18-20H,9-12,15-17H2,1-2H3/t18-,19+. The molecule has 1 aromatic carbocycles. The smallest absolute Gasteiger partial charge is 0.254 e. The number of nitrogens with zero attached hydrogens (tertiary/aromatic N) is 3. The minimum atomic E-state index is 0.0865. The first-order valence-electron chi connectivity index (χ1n) is 11.7. The Hall–Kier alpha value is -2.70. The zero-order valence-electron chi connectivity index (χ0n) is 18.9. The lowest BCUT2D eigenvalue weighted by Gasteiger charge is -2.39. The van der Waals surface area contributed by atoms with Gasteiger partial charge in [-0.05, 0) is 56.9 Å².